The van der Waals surface area contributed by atoms with Gasteiger partial charge in [0.2, 0.25) is 0 Å². The van der Waals surface area contributed by atoms with Crippen molar-refractivity contribution in [3.63, 3.8) is 0 Å². The van der Waals surface area contributed by atoms with Crippen LogP contribution in [0.25, 0.3) is 0 Å². The van der Waals surface area contributed by atoms with Gasteiger partial charge >= 0.3 is 0 Å². The zero-order valence-electron chi connectivity index (χ0n) is 10.9. The summed E-state index contributed by atoms with van der Waals surface area (Å²) in [7, 11) is 0. The molecule has 3 heterocycles. The third-order valence-electron chi connectivity index (χ3n) is 3.50. The van der Waals surface area contributed by atoms with Crippen LogP contribution < -0.4 is 5.32 Å². The maximum absolute atomic E-state index is 4.78. The molecule has 0 aliphatic carbocycles. The van der Waals surface area contributed by atoms with E-state index in [0.717, 1.165) is 41.8 Å². The van der Waals surface area contributed by atoms with E-state index in [1.807, 2.05) is 12.4 Å². The monoisotopic (exact) mass is 320 g/mol. The number of halogens is 1. The molecule has 0 saturated heterocycles. The molecular formula is C14H17BrN4. The van der Waals surface area contributed by atoms with Gasteiger partial charge < -0.3 is 5.32 Å². The van der Waals surface area contributed by atoms with Gasteiger partial charge in [-0.25, -0.2) is 4.68 Å². The Morgan fingerprint density at radius 1 is 1.42 bits per heavy atom. The van der Waals surface area contributed by atoms with Crippen molar-refractivity contribution >= 4 is 21.7 Å². The van der Waals surface area contributed by atoms with Crippen LogP contribution >= 0.6 is 15.9 Å². The number of nitrogens with one attached hydrogen (secondary N) is 1. The smallest absolute Gasteiger partial charge is 0.139 e. The quantitative estimate of drug-likeness (QED) is 0.942. The Bertz CT molecular complexity index is 564. The molecule has 19 heavy (non-hydrogen) atoms. The minimum absolute atomic E-state index is 0.307. The maximum Gasteiger partial charge on any atom is 0.139 e. The molecule has 0 saturated carbocycles. The summed E-state index contributed by atoms with van der Waals surface area (Å²) in [5, 5.41) is 8.23. The first-order valence-electron chi connectivity index (χ1n) is 6.72. The van der Waals surface area contributed by atoms with Crippen LogP contribution in [-0.4, -0.2) is 21.3 Å². The van der Waals surface area contributed by atoms with Gasteiger partial charge in [0.05, 0.1) is 16.2 Å². The Kier molecular flexibility index (Phi) is 3.55. The second-order valence-corrected chi connectivity index (χ2v) is 5.61. The van der Waals surface area contributed by atoms with Crippen molar-refractivity contribution in [3.8, 4) is 0 Å². The number of hydrogen-bond donors (Lipinski definition) is 1. The number of rotatable bonds is 3. The van der Waals surface area contributed by atoms with Crippen LogP contribution in [0.1, 0.15) is 37.1 Å². The molecule has 0 radical (unpaired) electrons. The summed E-state index contributed by atoms with van der Waals surface area (Å²) < 4.78 is 3.24. The molecule has 2 aromatic rings. The molecule has 1 N–H and O–H groups in total. The van der Waals surface area contributed by atoms with Crippen molar-refractivity contribution in [3.05, 3.63) is 40.3 Å². The van der Waals surface area contributed by atoms with Crippen molar-refractivity contribution in [1.82, 2.24) is 14.8 Å². The van der Waals surface area contributed by atoms with Gasteiger partial charge in [-0.1, -0.05) is 13.3 Å². The van der Waals surface area contributed by atoms with E-state index in [9.17, 15) is 0 Å². The Labute approximate surface area is 121 Å². The van der Waals surface area contributed by atoms with E-state index in [4.69, 9.17) is 5.10 Å². The topological polar surface area (TPSA) is 42.7 Å². The summed E-state index contributed by atoms with van der Waals surface area (Å²) in [5.74, 6) is 1.11. The molecule has 4 nitrogen and oxygen atoms in total. The fraction of sp³-hybridized carbons (Fsp3) is 0.429. The highest BCUT2D eigenvalue weighted by molar-refractivity contribution is 9.10. The lowest BCUT2D eigenvalue weighted by atomic mass is 10.0. The zero-order valence-corrected chi connectivity index (χ0v) is 12.5. The molecule has 3 rings (SSSR count). The largest absolute Gasteiger partial charge is 0.369 e. The lowest BCUT2D eigenvalue weighted by Gasteiger charge is -2.26. The molecule has 0 aromatic carbocycles. The Morgan fingerprint density at radius 3 is 2.95 bits per heavy atom. The standard InChI is InChI=1S/C14H17BrN4/c1-2-3-11-13(15)14-17-9-6-12(19(14)18-11)10-4-7-16-8-5-10/h4-5,7-8,12,17H,2-3,6,9H2,1H3. The minimum Gasteiger partial charge on any atom is -0.369 e. The highest BCUT2D eigenvalue weighted by atomic mass is 79.9. The molecule has 1 aliphatic rings. The summed E-state index contributed by atoms with van der Waals surface area (Å²) in [6.45, 7) is 3.15. The molecule has 0 amide bonds. The maximum atomic E-state index is 4.78. The van der Waals surface area contributed by atoms with Crippen LogP contribution in [0.15, 0.2) is 29.0 Å². The molecule has 0 bridgehead atoms. The molecule has 0 spiro atoms. The summed E-state index contributed by atoms with van der Waals surface area (Å²) in [5.41, 5.74) is 2.42. The van der Waals surface area contributed by atoms with Crippen molar-refractivity contribution in [2.75, 3.05) is 11.9 Å². The molecule has 5 heteroatoms. The van der Waals surface area contributed by atoms with Crippen LogP contribution in [0.2, 0.25) is 0 Å². The predicted octanol–water partition coefficient (Wildman–Crippen LogP) is 3.40. The van der Waals surface area contributed by atoms with Gasteiger partial charge in [-0.05, 0) is 46.5 Å². The van der Waals surface area contributed by atoms with Crippen LogP contribution in [0, 0.1) is 0 Å². The minimum atomic E-state index is 0.307. The predicted molar refractivity (Wildman–Crippen MR) is 79.4 cm³/mol. The van der Waals surface area contributed by atoms with Gasteiger partial charge in [-0.15, -0.1) is 0 Å². The second kappa shape index (κ2) is 5.33. The molecule has 1 atom stereocenters. The van der Waals surface area contributed by atoms with Crippen LogP contribution in [0.3, 0.4) is 0 Å². The van der Waals surface area contributed by atoms with E-state index >= 15 is 0 Å². The lowest BCUT2D eigenvalue weighted by Crippen LogP contribution is -2.24. The van der Waals surface area contributed by atoms with Crippen LogP contribution in [0.5, 0.6) is 0 Å². The lowest BCUT2D eigenvalue weighted by molar-refractivity contribution is 0.477. The highest BCUT2D eigenvalue weighted by Crippen LogP contribution is 2.36. The summed E-state index contributed by atoms with van der Waals surface area (Å²) >= 11 is 3.68. The average Bonchev–Trinajstić information content (AvgIpc) is 2.77. The van der Waals surface area contributed by atoms with Gasteiger partial charge in [0, 0.05) is 18.9 Å². The number of hydrogen-bond acceptors (Lipinski definition) is 3. The normalized spacial score (nSPS) is 17.9. The highest BCUT2D eigenvalue weighted by Gasteiger charge is 2.26. The van der Waals surface area contributed by atoms with E-state index in [1.165, 1.54) is 5.56 Å². The van der Waals surface area contributed by atoms with Crippen molar-refractivity contribution < 1.29 is 0 Å². The summed E-state index contributed by atoms with van der Waals surface area (Å²) in [6.07, 6.45) is 6.86. The van der Waals surface area contributed by atoms with Crippen molar-refractivity contribution in [1.29, 1.82) is 0 Å². The van der Waals surface area contributed by atoms with E-state index in [2.05, 4.69) is 50.0 Å². The van der Waals surface area contributed by atoms with Gasteiger partial charge in [0.1, 0.15) is 5.82 Å². The molecule has 2 aromatic heterocycles. The number of anilines is 1. The molecule has 100 valence electrons. The number of aryl methyl sites for hydroxylation is 1. The van der Waals surface area contributed by atoms with E-state index in [-0.39, 0.29) is 0 Å². The van der Waals surface area contributed by atoms with E-state index in [0.29, 0.717) is 6.04 Å². The first kappa shape index (κ1) is 12.7. The number of fused-ring (bicyclic) bond motifs is 1. The van der Waals surface area contributed by atoms with E-state index in [1.54, 1.807) is 0 Å². The Morgan fingerprint density at radius 2 is 2.21 bits per heavy atom. The SMILES string of the molecule is CCCc1nn2c(c1Br)NCCC2c1ccncc1. The first-order chi connectivity index (χ1) is 9.31. The van der Waals surface area contributed by atoms with Gasteiger partial charge in [0.25, 0.3) is 0 Å². The van der Waals surface area contributed by atoms with Crippen molar-refractivity contribution in [2.45, 2.75) is 32.2 Å². The first-order valence-corrected chi connectivity index (χ1v) is 7.51. The third kappa shape index (κ3) is 2.27. The molecule has 0 fully saturated rings. The van der Waals surface area contributed by atoms with Crippen LogP contribution in [0.4, 0.5) is 5.82 Å². The van der Waals surface area contributed by atoms with Gasteiger partial charge in [-0.3, -0.25) is 4.98 Å². The molecule has 1 unspecified atom stereocenters. The number of aromatic nitrogens is 3. The van der Waals surface area contributed by atoms with Crippen molar-refractivity contribution in [2.24, 2.45) is 0 Å². The number of pyridine rings is 1. The Balaban J connectivity index is 2.03. The summed E-state index contributed by atoms with van der Waals surface area (Å²) in [4.78, 5) is 4.09. The fourth-order valence-corrected chi connectivity index (χ4v) is 3.18. The van der Waals surface area contributed by atoms with Crippen LogP contribution in [-0.2, 0) is 6.42 Å². The zero-order chi connectivity index (χ0) is 13.2. The average molecular weight is 321 g/mol. The van der Waals surface area contributed by atoms with E-state index < -0.39 is 0 Å². The molecular weight excluding hydrogens is 304 g/mol. The third-order valence-corrected chi connectivity index (χ3v) is 4.34. The second-order valence-electron chi connectivity index (χ2n) is 4.82. The fourth-order valence-electron chi connectivity index (χ4n) is 2.58. The van der Waals surface area contributed by atoms with Gasteiger partial charge in [-0.2, -0.15) is 5.10 Å². The van der Waals surface area contributed by atoms with Gasteiger partial charge in [0.15, 0.2) is 0 Å². The summed E-state index contributed by atoms with van der Waals surface area (Å²) in [6, 6.07) is 4.46. The Hall–Kier alpha value is -1.36. The number of nitrogens with zero attached hydrogens (tertiary/aromatic N) is 3. The molecule has 1 aliphatic heterocycles.